The average Bonchev–Trinajstić information content (AvgIpc) is 3.70. The molecule has 5 rings (SSSR count). The summed E-state index contributed by atoms with van der Waals surface area (Å²) in [5.74, 6) is 0. The predicted octanol–water partition coefficient (Wildman–Crippen LogP) is 4.81. The van der Waals surface area contributed by atoms with Gasteiger partial charge in [-0.1, -0.05) is 81.4 Å². The first-order valence-electron chi connectivity index (χ1n) is 15.8. The van der Waals surface area contributed by atoms with Crippen LogP contribution in [0.5, 0.6) is 0 Å². The van der Waals surface area contributed by atoms with E-state index in [1.165, 1.54) is 10.8 Å². The van der Waals surface area contributed by atoms with Crippen LogP contribution < -0.4 is 11.2 Å². The van der Waals surface area contributed by atoms with Gasteiger partial charge in [-0.05, 0) is 49.0 Å². The van der Waals surface area contributed by atoms with Crippen LogP contribution in [0.1, 0.15) is 56.5 Å². The van der Waals surface area contributed by atoms with E-state index in [2.05, 4.69) is 38.8 Å². The van der Waals surface area contributed by atoms with Gasteiger partial charge >= 0.3 is 5.69 Å². The van der Waals surface area contributed by atoms with Crippen molar-refractivity contribution in [2.24, 2.45) is 0 Å². The zero-order valence-corrected chi connectivity index (χ0v) is 30.0. The standard InChI is InChI=1S/C34H46N2O9SSi/c1-24-20-36(31(38)35-29(24)37)30-27(44-46(5,39)40)28(42-22-26-16-12-9-13-17-26)34(43-30,23-41-21-25-14-10-8-11-15-25)33(18-19-33)45-47(6,7)32(2,3)4/h8-17,20,27-28,30H,18-19,21-23H2,1-7H3,(H,35,37,38)/t27?,28?,30-,34?/m1/s1. The van der Waals surface area contributed by atoms with E-state index in [1.54, 1.807) is 6.92 Å². The third-order valence-electron chi connectivity index (χ3n) is 9.51. The van der Waals surface area contributed by atoms with E-state index in [1.807, 2.05) is 60.7 Å². The van der Waals surface area contributed by atoms with Crippen molar-refractivity contribution in [3.63, 3.8) is 0 Å². The Hall–Kier alpha value is -2.91. The first kappa shape index (κ1) is 35.4. The second kappa shape index (κ2) is 13.2. The molecule has 1 N–H and O–H groups in total. The Morgan fingerprint density at radius 1 is 0.979 bits per heavy atom. The van der Waals surface area contributed by atoms with Crippen molar-refractivity contribution in [2.75, 3.05) is 12.9 Å². The van der Waals surface area contributed by atoms with Gasteiger partial charge in [0.2, 0.25) is 0 Å². The summed E-state index contributed by atoms with van der Waals surface area (Å²) < 4.78 is 60.1. The van der Waals surface area contributed by atoms with Gasteiger partial charge in [0.15, 0.2) is 26.3 Å². The fourth-order valence-corrected chi connectivity index (χ4v) is 8.18. The fraction of sp³-hybridized carbons (Fsp3) is 0.529. The average molecular weight is 687 g/mol. The van der Waals surface area contributed by atoms with Gasteiger partial charge in [-0.15, -0.1) is 0 Å². The largest absolute Gasteiger partial charge is 0.408 e. The van der Waals surface area contributed by atoms with E-state index in [-0.39, 0.29) is 30.4 Å². The lowest BCUT2D eigenvalue weighted by atomic mass is 9.87. The molecule has 1 saturated heterocycles. The van der Waals surface area contributed by atoms with Gasteiger partial charge in [0.1, 0.15) is 6.10 Å². The summed E-state index contributed by atoms with van der Waals surface area (Å²) in [5.41, 5.74) is -1.67. The van der Waals surface area contributed by atoms with E-state index >= 15 is 0 Å². The molecule has 13 heteroatoms. The van der Waals surface area contributed by atoms with E-state index < -0.39 is 59.3 Å². The maximum Gasteiger partial charge on any atom is 0.330 e. The number of nitrogens with zero attached hydrogens (tertiary/aromatic N) is 1. The summed E-state index contributed by atoms with van der Waals surface area (Å²) in [6.45, 7) is 12.6. The predicted molar refractivity (Wildman–Crippen MR) is 180 cm³/mol. The van der Waals surface area contributed by atoms with Crippen molar-refractivity contribution in [3.05, 3.63) is 104 Å². The van der Waals surface area contributed by atoms with Gasteiger partial charge < -0.3 is 18.6 Å². The Kier molecular flexibility index (Phi) is 9.93. The van der Waals surface area contributed by atoms with Crippen LogP contribution in [0.4, 0.5) is 0 Å². The number of benzene rings is 2. The molecule has 0 radical (unpaired) electrons. The molecule has 3 aromatic rings. The van der Waals surface area contributed by atoms with E-state index in [4.69, 9.17) is 22.8 Å². The molecule has 2 heterocycles. The fourth-order valence-electron chi connectivity index (χ4n) is 5.92. The molecule has 1 aromatic heterocycles. The van der Waals surface area contributed by atoms with Crippen molar-refractivity contribution in [2.45, 2.75) is 102 Å². The Labute approximate surface area is 277 Å². The number of H-pyrrole nitrogens is 1. The highest BCUT2D eigenvalue weighted by Gasteiger charge is 2.74. The number of hydrogen-bond donors (Lipinski definition) is 1. The zero-order chi connectivity index (χ0) is 34.3. The van der Waals surface area contributed by atoms with E-state index in [0.29, 0.717) is 12.8 Å². The van der Waals surface area contributed by atoms with Crippen molar-refractivity contribution in [1.82, 2.24) is 9.55 Å². The summed E-state index contributed by atoms with van der Waals surface area (Å²) in [6.07, 6.45) is -0.233. The summed E-state index contributed by atoms with van der Waals surface area (Å²) in [6, 6.07) is 19.1. The maximum absolute atomic E-state index is 13.3. The SMILES string of the molecule is Cc1cn([C@@H]2OC(COCc3ccccc3)(C3(O[Si](C)(C)C(C)(C)C)CC3)C(OCc3ccccc3)C2OS(C)(=O)=O)c(=O)[nH]c1=O. The Morgan fingerprint density at radius 3 is 2.09 bits per heavy atom. The van der Waals surface area contributed by atoms with Crippen molar-refractivity contribution >= 4 is 18.4 Å². The van der Waals surface area contributed by atoms with Crippen LogP contribution in [-0.2, 0) is 46.2 Å². The van der Waals surface area contributed by atoms with Crippen LogP contribution in [0, 0.1) is 6.92 Å². The van der Waals surface area contributed by atoms with Crippen LogP contribution in [-0.4, -0.2) is 62.6 Å². The lowest BCUT2D eigenvalue weighted by Gasteiger charge is -2.47. The summed E-state index contributed by atoms with van der Waals surface area (Å²) in [7, 11) is -6.59. The molecule has 0 amide bonds. The molecule has 2 fully saturated rings. The van der Waals surface area contributed by atoms with Crippen LogP contribution in [0.15, 0.2) is 76.4 Å². The van der Waals surface area contributed by atoms with Crippen LogP contribution in [0.2, 0.25) is 18.1 Å². The molecule has 0 spiro atoms. The topological polar surface area (TPSA) is 135 Å². The minimum atomic E-state index is -4.11. The molecule has 2 aliphatic rings. The van der Waals surface area contributed by atoms with Gasteiger partial charge in [-0.25, -0.2) is 4.79 Å². The second-order valence-electron chi connectivity index (χ2n) is 14.2. The molecule has 11 nitrogen and oxygen atoms in total. The van der Waals surface area contributed by atoms with E-state index in [9.17, 15) is 18.0 Å². The number of aromatic amines is 1. The van der Waals surface area contributed by atoms with Crippen LogP contribution >= 0.6 is 0 Å². The molecule has 1 aliphatic carbocycles. The summed E-state index contributed by atoms with van der Waals surface area (Å²) in [4.78, 5) is 28.0. The molecule has 47 heavy (non-hydrogen) atoms. The van der Waals surface area contributed by atoms with Crippen molar-refractivity contribution in [1.29, 1.82) is 0 Å². The van der Waals surface area contributed by atoms with Crippen molar-refractivity contribution in [3.8, 4) is 0 Å². The van der Waals surface area contributed by atoms with Crippen molar-refractivity contribution < 1.29 is 31.2 Å². The van der Waals surface area contributed by atoms with Gasteiger partial charge in [0.05, 0.1) is 31.7 Å². The quantitative estimate of drug-likeness (QED) is 0.199. The summed E-state index contributed by atoms with van der Waals surface area (Å²) in [5, 5.41) is -0.164. The lowest BCUT2D eigenvalue weighted by Crippen LogP contribution is -2.62. The Balaban J connectivity index is 1.68. The van der Waals surface area contributed by atoms with Gasteiger partial charge in [0.25, 0.3) is 15.7 Å². The van der Waals surface area contributed by atoms with Crippen LogP contribution in [0.3, 0.4) is 0 Å². The maximum atomic E-state index is 13.3. The minimum Gasteiger partial charge on any atom is -0.408 e. The molecule has 2 aromatic carbocycles. The molecule has 0 bridgehead atoms. The minimum absolute atomic E-state index is 0.0484. The highest BCUT2D eigenvalue weighted by Crippen LogP contribution is 2.60. The third-order valence-corrected chi connectivity index (χ3v) is 14.6. The first-order chi connectivity index (χ1) is 22.0. The zero-order valence-electron chi connectivity index (χ0n) is 28.1. The molecule has 256 valence electrons. The lowest BCUT2D eigenvalue weighted by molar-refractivity contribution is -0.210. The Morgan fingerprint density at radius 2 is 1.55 bits per heavy atom. The number of nitrogens with one attached hydrogen (secondary N) is 1. The highest BCUT2D eigenvalue weighted by molar-refractivity contribution is 7.86. The molecule has 3 unspecified atom stereocenters. The first-order valence-corrected chi connectivity index (χ1v) is 20.5. The molecular weight excluding hydrogens is 641 g/mol. The molecular formula is C34H46N2O9SSi. The second-order valence-corrected chi connectivity index (χ2v) is 20.5. The van der Waals surface area contributed by atoms with Gasteiger partial charge in [-0.2, -0.15) is 8.42 Å². The Bertz CT molecular complexity index is 1770. The smallest absolute Gasteiger partial charge is 0.330 e. The van der Waals surface area contributed by atoms with Gasteiger partial charge in [-0.3, -0.25) is 18.5 Å². The molecule has 1 aliphatic heterocycles. The number of ether oxygens (including phenoxy) is 3. The number of hydrogen-bond acceptors (Lipinski definition) is 9. The normalized spacial score (nSPS) is 24.4. The monoisotopic (exact) mass is 686 g/mol. The van der Waals surface area contributed by atoms with Crippen LogP contribution in [0.25, 0.3) is 0 Å². The van der Waals surface area contributed by atoms with Gasteiger partial charge in [0, 0.05) is 11.8 Å². The number of rotatable bonds is 13. The van der Waals surface area contributed by atoms with E-state index in [0.717, 1.165) is 17.4 Å². The number of aryl methyl sites for hydroxylation is 1. The third kappa shape index (κ3) is 7.56. The number of aromatic nitrogens is 2. The molecule has 1 saturated carbocycles. The molecule has 4 atom stereocenters. The summed E-state index contributed by atoms with van der Waals surface area (Å²) >= 11 is 0. The highest BCUT2D eigenvalue weighted by atomic mass is 32.2.